The molecule has 1 N–H and O–H groups in total. The Labute approximate surface area is 159 Å². The summed E-state index contributed by atoms with van der Waals surface area (Å²) < 4.78 is 43.3. The number of amides is 1. The molecule has 1 heterocycles. The molecule has 0 fully saturated rings. The second-order valence-corrected chi connectivity index (χ2v) is 7.81. The summed E-state index contributed by atoms with van der Waals surface area (Å²) in [6.07, 6.45) is 0. The summed E-state index contributed by atoms with van der Waals surface area (Å²) in [5.41, 5.74) is 0.320. The van der Waals surface area contributed by atoms with Gasteiger partial charge in [-0.25, -0.2) is 12.8 Å². The molecule has 7 nitrogen and oxygen atoms in total. The van der Waals surface area contributed by atoms with Gasteiger partial charge < -0.3 is 9.73 Å². The summed E-state index contributed by atoms with van der Waals surface area (Å²) in [6.45, 7) is -0.173. The molecular weight excluding hydrogens is 397 g/mol. The predicted octanol–water partition coefficient (Wildman–Crippen LogP) is 2.77. The number of nitrogens with zero attached hydrogens (tertiary/aromatic N) is 2. The number of halogens is 2. The molecule has 0 unspecified atom stereocenters. The zero-order chi connectivity index (χ0) is 19.4. The molecule has 140 valence electrons. The van der Waals surface area contributed by atoms with E-state index in [9.17, 15) is 17.6 Å². The molecule has 0 saturated heterocycles. The Bertz CT molecular complexity index is 1090. The van der Waals surface area contributed by atoms with Gasteiger partial charge in [0.05, 0.1) is 12.3 Å². The molecule has 0 bridgehead atoms. The van der Waals surface area contributed by atoms with E-state index < -0.39 is 32.5 Å². The highest BCUT2D eigenvalue weighted by atomic mass is 35.5. The van der Waals surface area contributed by atoms with Crippen molar-refractivity contribution in [1.29, 1.82) is 0 Å². The summed E-state index contributed by atoms with van der Waals surface area (Å²) >= 11 is 5.82. The quantitative estimate of drug-likeness (QED) is 0.671. The number of rotatable bonds is 6. The highest BCUT2D eigenvalue weighted by Crippen LogP contribution is 2.17. The van der Waals surface area contributed by atoms with Crippen molar-refractivity contribution < 1.29 is 22.0 Å². The Morgan fingerprint density at radius 2 is 1.93 bits per heavy atom. The van der Waals surface area contributed by atoms with Crippen LogP contribution in [0.3, 0.4) is 0 Å². The first-order chi connectivity index (χ1) is 12.8. The van der Waals surface area contributed by atoms with Gasteiger partial charge >= 0.3 is 5.22 Å². The summed E-state index contributed by atoms with van der Waals surface area (Å²) in [7, 11) is -4.02. The van der Waals surface area contributed by atoms with Crippen molar-refractivity contribution in [3.8, 4) is 0 Å². The first kappa shape index (κ1) is 19.0. The van der Waals surface area contributed by atoms with Crippen LogP contribution in [0.2, 0.25) is 5.02 Å². The molecule has 0 aliphatic rings. The molecule has 2 aromatic carbocycles. The van der Waals surface area contributed by atoms with Crippen molar-refractivity contribution in [2.24, 2.45) is 0 Å². The minimum Gasteiger partial charge on any atom is -0.411 e. The standard InChI is InChI=1S/C17H13ClFN3O4S/c18-13-6-3-5-11(8-13)16(23)20-9-15-21-22-17(26-15)27(24,25)10-12-4-1-2-7-14(12)19/h1-8H,9-10H2,(H,20,23). The van der Waals surface area contributed by atoms with Crippen molar-refractivity contribution in [2.75, 3.05) is 0 Å². The van der Waals surface area contributed by atoms with Crippen molar-refractivity contribution in [1.82, 2.24) is 15.5 Å². The second-order valence-electron chi connectivity index (χ2n) is 5.51. The van der Waals surface area contributed by atoms with Crippen LogP contribution in [-0.4, -0.2) is 24.5 Å². The predicted molar refractivity (Wildman–Crippen MR) is 94.2 cm³/mol. The molecule has 0 radical (unpaired) electrons. The van der Waals surface area contributed by atoms with Crippen LogP contribution in [0.25, 0.3) is 0 Å². The Morgan fingerprint density at radius 1 is 1.15 bits per heavy atom. The van der Waals surface area contributed by atoms with Gasteiger partial charge in [0, 0.05) is 16.1 Å². The Hall–Kier alpha value is -2.78. The maximum absolute atomic E-state index is 13.7. The van der Waals surface area contributed by atoms with Gasteiger partial charge in [0.2, 0.25) is 15.7 Å². The minimum atomic E-state index is -4.02. The fourth-order valence-electron chi connectivity index (χ4n) is 2.20. The molecule has 3 aromatic rings. The lowest BCUT2D eigenvalue weighted by Crippen LogP contribution is -2.22. The van der Waals surface area contributed by atoms with Gasteiger partial charge in [-0.15, -0.1) is 5.10 Å². The number of carbonyl (C=O) groups excluding carboxylic acids is 1. The molecule has 0 aliphatic heterocycles. The largest absolute Gasteiger partial charge is 0.411 e. The van der Waals surface area contributed by atoms with Gasteiger partial charge in [-0.05, 0) is 24.3 Å². The van der Waals surface area contributed by atoms with Crippen LogP contribution in [0.15, 0.2) is 58.2 Å². The van der Waals surface area contributed by atoms with E-state index in [0.717, 1.165) is 6.07 Å². The Morgan fingerprint density at radius 3 is 2.67 bits per heavy atom. The van der Waals surface area contributed by atoms with E-state index in [1.165, 1.54) is 24.3 Å². The van der Waals surface area contributed by atoms with E-state index in [1.807, 2.05) is 0 Å². The third-order valence-corrected chi connectivity index (χ3v) is 5.13. The summed E-state index contributed by atoms with van der Waals surface area (Å²) in [6, 6.07) is 11.8. The number of hydrogen-bond acceptors (Lipinski definition) is 6. The third-order valence-electron chi connectivity index (χ3n) is 3.50. The number of carbonyl (C=O) groups is 1. The molecule has 3 rings (SSSR count). The molecular formula is C17H13ClFN3O4S. The highest BCUT2D eigenvalue weighted by molar-refractivity contribution is 7.90. The molecule has 0 saturated carbocycles. The topological polar surface area (TPSA) is 102 Å². The SMILES string of the molecule is O=C(NCc1nnc(S(=O)(=O)Cc2ccccc2F)o1)c1cccc(Cl)c1. The van der Waals surface area contributed by atoms with Gasteiger partial charge in [-0.1, -0.05) is 41.0 Å². The zero-order valence-corrected chi connectivity index (χ0v) is 15.3. The monoisotopic (exact) mass is 409 g/mol. The average Bonchev–Trinajstić information content (AvgIpc) is 3.11. The normalized spacial score (nSPS) is 11.3. The van der Waals surface area contributed by atoms with E-state index in [2.05, 4.69) is 15.5 Å². The van der Waals surface area contributed by atoms with Gasteiger partial charge in [-0.3, -0.25) is 4.79 Å². The van der Waals surface area contributed by atoms with Crippen LogP contribution in [-0.2, 0) is 22.1 Å². The van der Waals surface area contributed by atoms with Crippen LogP contribution in [0.4, 0.5) is 4.39 Å². The van der Waals surface area contributed by atoms with E-state index in [-0.39, 0.29) is 18.0 Å². The molecule has 0 spiro atoms. The Balaban J connectivity index is 1.67. The van der Waals surface area contributed by atoms with Gasteiger partial charge in [0.15, 0.2) is 0 Å². The van der Waals surface area contributed by atoms with Gasteiger partial charge in [0.1, 0.15) is 5.82 Å². The molecule has 1 amide bonds. The summed E-state index contributed by atoms with van der Waals surface area (Å²) in [4.78, 5) is 12.0. The van der Waals surface area contributed by atoms with Crippen molar-refractivity contribution in [3.63, 3.8) is 0 Å². The van der Waals surface area contributed by atoms with E-state index in [0.29, 0.717) is 10.6 Å². The molecule has 1 aromatic heterocycles. The van der Waals surface area contributed by atoms with E-state index in [4.69, 9.17) is 16.0 Å². The fourth-order valence-corrected chi connectivity index (χ4v) is 3.55. The number of aromatic nitrogens is 2. The van der Waals surface area contributed by atoms with Crippen LogP contribution >= 0.6 is 11.6 Å². The summed E-state index contributed by atoms with van der Waals surface area (Å²) in [5, 5.41) is 9.36. The van der Waals surface area contributed by atoms with Crippen LogP contribution in [0.1, 0.15) is 21.8 Å². The minimum absolute atomic E-state index is 0.00786. The van der Waals surface area contributed by atoms with Crippen molar-refractivity contribution in [2.45, 2.75) is 17.5 Å². The fraction of sp³-hybridized carbons (Fsp3) is 0.118. The summed E-state index contributed by atoms with van der Waals surface area (Å²) in [5.74, 6) is -1.80. The number of nitrogens with one attached hydrogen (secondary N) is 1. The lowest BCUT2D eigenvalue weighted by molar-refractivity contribution is 0.0946. The lowest BCUT2D eigenvalue weighted by atomic mass is 10.2. The van der Waals surface area contributed by atoms with Crippen molar-refractivity contribution >= 4 is 27.3 Å². The molecule has 10 heteroatoms. The van der Waals surface area contributed by atoms with Gasteiger partial charge in [-0.2, -0.15) is 0 Å². The molecule has 0 aliphatic carbocycles. The van der Waals surface area contributed by atoms with Crippen LogP contribution < -0.4 is 5.32 Å². The molecule has 0 atom stereocenters. The van der Waals surface area contributed by atoms with E-state index >= 15 is 0 Å². The maximum atomic E-state index is 13.7. The smallest absolute Gasteiger partial charge is 0.335 e. The number of hydrogen-bond donors (Lipinski definition) is 1. The lowest BCUT2D eigenvalue weighted by Gasteiger charge is -2.03. The van der Waals surface area contributed by atoms with Crippen molar-refractivity contribution in [3.05, 3.63) is 76.4 Å². The van der Waals surface area contributed by atoms with Crippen LogP contribution in [0.5, 0.6) is 0 Å². The zero-order valence-electron chi connectivity index (χ0n) is 13.7. The van der Waals surface area contributed by atoms with Crippen LogP contribution in [0, 0.1) is 5.82 Å². The first-order valence-electron chi connectivity index (χ1n) is 7.67. The Kier molecular flexibility index (Phi) is 5.52. The number of benzene rings is 2. The van der Waals surface area contributed by atoms with E-state index in [1.54, 1.807) is 18.2 Å². The second kappa shape index (κ2) is 7.85. The number of sulfone groups is 1. The third kappa shape index (κ3) is 4.69. The molecule has 27 heavy (non-hydrogen) atoms. The average molecular weight is 410 g/mol. The van der Waals surface area contributed by atoms with Gasteiger partial charge in [0.25, 0.3) is 5.91 Å². The maximum Gasteiger partial charge on any atom is 0.335 e. The first-order valence-corrected chi connectivity index (χ1v) is 9.70. The highest BCUT2D eigenvalue weighted by Gasteiger charge is 2.24.